The van der Waals surface area contributed by atoms with Gasteiger partial charge in [0.2, 0.25) is 0 Å². The summed E-state index contributed by atoms with van der Waals surface area (Å²) in [6, 6.07) is 8.14. The molecule has 0 aliphatic carbocycles. The topological polar surface area (TPSA) is 96.0 Å². The highest BCUT2D eigenvalue weighted by molar-refractivity contribution is 6.31. The van der Waals surface area contributed by atoms with E-state index in [0.717, 1.165) is 5.82 Å². The molecule has 10 heteroatoms. The van der Waals surface area contributed by atoms with E-state index in [1.807, 2.05) is 26.8 Å². The fraction of sp³-hybridized carbons (Fsp3) is 0.409. The van der Waals surface area contributed by atoms with Crippen LogP contribution in [0.2, 0.25) is 5.02 Å². The van der Waals surface area contributed by atoms with Crippen LogP contribution < -0.4 is 20.3 Å². The molecule has 0 saturated carbocycles. The Morgan fingerprint density at radius 1 is 1.06 bits per heavy atom. The molecular weight excluding hydrogens is 434 g/mol. The molecule has 1 aromatic heterocycles. The lowest BCUT2D eigenvalue weighted by Crippen LogP contribution is -2.50. The minimum absolute atomic E-state index is 0.299. The first-order valence-corrected chi connectivity index (χ1v) is 10.6. The van der Waals surface area contributed by atoms with E-state index in [-0.39, 0.29) is 6.09 Å². The molecule has 1 aliphatic heterocycles. The van der Waals surface area contributed by atoms with E-state index >= 15 is 0 Å². The summed E-state index contributed by atoms with van der Waals surface area (Å²) >= 11 is 5.99. The molecule has 2 aromatic rings. The summed E-state index contributed by atoms with van der Waals surface area (Å²) in [6.45, 7) is 7.97. The quantitative estimate of drug-likeness (QED) is 0.698. The van der Waals surface area contributed by atoms with Crippen molar-refractivity contribution in [1.29, 1.82) is 0 Å². The molecule has 2 heterocycles. The molecular formula is C22H28ClN5O4. The first-order valence-electron chi connectivity index (χ1n) is 10.2. The molecule has 32 heavy (non-hydrogen) atoms. The van der Waals surface area contributed by atoms with Gasteiger partial charge in [-0.2, -0.15) is 0 Å². The van der Waals surface area contributed by atoms with Crippen LogP contribution in [0.3, 0.4) is 0 Å². The van der Waals surface area contributed by atoms with Gasteiger partial charge in [0.15, 0.2) is 0 Å². The van der Waals surface area contributed by atoms with Crippen molar-refractivity contribution in [2.45, 2.75) is 26.4 Å². The van der Waals surface area contributed by atoms with Crippen molar-refractivity contribution in [2.75, 3.05) is 48.8 Å². The van der Waals surface area contributed by atoms with Gasteiger partial charge < -0.3 is 29.9 Å². The monoisotopic (exact) mass is 461 g/mol. The van der Waals surface area contributed by atoms with Crippen molar-refractivity contribution in [3.05, 3.63) is 41.6 Å². The molecule has 0 radical (unpaired) electrons. The predicted octanol–water partition coefficient (Wildman–Crippen LogP) is 4.44. The Kier molecular flexibility index (Phi) is 7.29. The maximum atomic E-state index is 12.3. The van der Waals surface area contributed by atoms with E-state index < -0.39 is 11.6 Å². The summed E-state index contributed by atoms with van der Waals surface area (Å²) in [6.07, 6.45) is 1.29. The van der Waals surface area contributed by atoms with Gasteiger partial charge in [0.25, 0.3) is 0 Å². The first-order chi connectivity index (χ1) is 15.1. The van der Waals surface area contributed by atoms with Crippen LogP contribution in [-0.4, -0.2) is 60.9 Å². The molecule has 3 rings (SSSR count). The lowest BCUT2D eigenvalue weighted by Gasteiger charge is -2.36. The van der Waals surface area contributed by atoms with Crippen molar-refractivity contribution in [2.24, 2.45) is 0 Å². The van der Waals surface area contributed by atoms with Gasteiger partial charge in [-0.25, -0.2) is 14.6 Å². The number of methoxy groups -OCH3 is 1. The number of hydrogen-bond acceptors (Lipinski definition) is 6. The highest BCUT2D eigenvalue weighted by atomic mass is 35.5. The van der Waals surface area contributed by atoms with E-state index in [4.69, 9.17) is 21.1 Å². The number of nitrogens with zero attached hydrogens (tertiary/aromatic N) is 3. The average Bonchev–Trinajstić information content (AvgIpc) is 2.73. The molecule has 3 amide bonds. The predicted molar refractivity (Wildman–Crippen MR) is 125 cm³/mol. The molecule has 0 bridgehead atoms. The Morgan fingerprint density at radius 2 is 1.78 bits per heavy atom. The third-order valence-corrected chi connectivity index (χ3v) is 4.91. The van der Waals surface area contributed by atoms with E-state index in [2.05, 4.69) is 20.5 Å². The molecule has 1 saturated heterocycles. The van der Waals surface area contributed by atoms with Gasteiger partial charge in [-0.05, 0) is 51.1 Å². The Morgan fingerprint density at radius 3 is 2.38 bits per heavy atom. The number of urea groups is 1. The molecule has 2 N–H and O–H groups in total. The standard InChI is InChI=1S/C22H28ClN5O4/c1-22(2,3)32-21(30)28-11-9-27(10-12-28)19-8-6-16(14-24-19)25-20(29)26-17-13-15(23)5-7-18(17)31-4/h5-8,13-14H,9-12H2,1-4H3,(H2,25,26,29). The highest BCUT2D eigenvalue weighted by Crippen LogP contribution is 2.28. The van der Waals surface area contributed by atoms with Crippen molar-refractivity contribution in [3.8, 4) is 5.75 Å². The number of carbonyl (C=O) groups is 2. The van der Waals surface area contributed by atoms with Crippen molar-refractivity contribution in [1.82, 2.24) is 9.88 Å². The third-order valence-electron chi connectivity index (χ3n) is 4.67. The Balaban J connectivity index is 1.53. The molecule has 0 atom stereocenters. The van der Waals surface area contributed by atoms with Crippen LogP contribution in [0.5, 0.6) is 5.75 Å². The van der Waals surface area contributed by atoms with Crippen LogP contribution in [0.1, 0.15) is 20.8 Å². The van der Waals surface area contributed by atoms with Crippen molar-refractivity contribution in [3.63, 3.8) is 0 Å². The van der Waals surface area contributed by atoms with E-state index in [1.54, 1.807) is 35.4 Å². The molecule has 0 spiro atoms. The fourth-order valence-electron chi connectivity index (χ4n) is 3.15. The van der Waals surface area contributed by atoms with Gasteiger partial charge >= 0.3 is 12.1 Å². The lowest BCUT2D eigenvalue weighted by molar-refractivity contribution is 0.0240. The van der Waals surface area contributed by atoms with Gasteiger partial charge in [-0.15, -0.1) is 0 Å². The van der Waals surface area contributed by atoms with Crippen molar-refractivity contribution < 1.29 is 19.1 Å². The summed E-state index contributed by atoms with van der Waals surface area (Å²) in [5.41, 5.74) is 0.493. The minimum atomic E-state index is -0.511. The minimum Gasteiger partial charge on any atom is -0.495 e. The molecule has 1 aliphatic rings. The summed E-state index contributed by atoms with van der Waals surface area (Å²) < 4.78 is 10.7. The maximum Gasteiger partial charge on any atom is 0.410 e. The van der Waals surface area contributed by atoms with Crippen LogP contribution >= 0.6 is 11.6 Å². The zero-order valence-corrected chi connectivity index (χ0v) is 19.4. The second-order valence-electron chi connectivity index (χ2n) is 8.28. The molecule has 1 fully saturated rings. The largest absolute Gasteiger partial charge is 0.495 e. The number of nitrogens with one attached hydrogen (secondary N) is 2. The zero-order valence-electron chi connectivity index (χ0n) is 18.6. The summed E-state index contributed by atoms with van der Waals surface area (Å²) in [5, 5.41) is 5.93. The van der Waals surface area contributed by atoms with Crippen LogP contribution in [0.15, 0.2) is 36.5 Å². The zero-order chi connectivity index (χ0) is 23.3. The second-order valence-corrected chi connectivity index (χ2v) is 8.72. The molecule has 9 nitrogen and oxygen atoms in total. The van der Waals surface area contributed by atoms with E-state index in [1.165, 1.54) is 7.11 Å². The van der Waals surface area contributed by atoms with Crippen LogP contribution in [0.25, 0.3) is 0 Å². The van der Waals surface area contributed by atoms with Crippen LogP contribution in [-0.2, 0) is 4.74 Å². The number of rotatable bonds is 4. The van der Waals surface area contributed by atoms with Gasteiger partial charge in [0.05, 0.1) is 24.7 Å². The Hall–Kier alpha value is -3.20. The van der Waals surface area contributed by atoms with Gasteiger partial charge in [0.1, 0.15) is 17.2 Å². The van der Waals surface area contributed by atoms with Gasteiger partial charge in [-0.3, -0.25) is 0 Å². The third kappa shape index (κ3) is 6.40. The summed E-state index contributed by atoms with van der Waals surface area (Å²) in [5.74, 6) is 1.28. The van der Waals surface area contributed by atoms with Crippen LogP contribution in [0, 0.1) is 0 Å². The number of pyridine rings is 1. The van der Waals surface area contributed by atoms with E-state index in [9.17, 15) is 9.59 Å². The van der Waals surface area contributed by atoms with E-state index in [0.29, 0.717) is 48.3 Å². The highest BCUT2D eigenvalue weighted by Gasteiger charge is 2.26. The smallest absolute Gasteiger partial charge is 0.410 e. The maximum absolute atomic E-state index is 12.3. The number of aromatic nitrogens is 1. The fourth-order valence-corrected chi connectivity index (χ4v) is 3.33. The van der Waals surface area contributed by atoms with Crippen molar-refractivity contribution >= 4 is 40.9 Å². The number of anilines is 3. The first kappa shape index (κ1) is 23.5. The Bertz CT molecular complexity index is 954. The number of benzene rings is 1. The lowest BCUT2D eigenvalue weighted by atomic mass is 10.2. The average molecular weight is 462 g/mol. The number of halogens is 1. The summed E-state index contributed by atoms with van der Waals surface area (Å²) in [7, 11) is 1.52. The Labute approximate surface area is 192 Å². The number of hydrogen-bond donors (Lipinski definition) is 2. The molecule has 172 valence electrons. The van der Waals surface area contributed by atoms with Crippen LogP contribution in [0.4, 0.5) is 26.8 Å². The van der Waals surface area contributed by atoms with Gasteiger partial charge in [-0.1, -0.05) is 11.6 Å². The molecule has 0 unspecified atom stereocenters. The summed E-state index contributed by atoms with van der Waals surface area (Å²) in [4.78, 5) is 32.8. The SMILES string of the molecule is COc1ccc(Cl)cc1NC(=O)Nc1ccc(N2CCN(C(=O)OC(C)(C)C)CC2)nc1. The second kappa shape index (κ2) is 9.95. The number of ether oxygens (including phenoxy) is 2. The molecule has 1 aromatic carbocycles. The number of piperazine rings is 1. The number of amides is 3. The van der Waals surface area contributed by atoms with Gasteiger partial charge in [0, 0.05) is 31.2 Å². The number of carbonyl (C=O) groups excluding carboxylic acids is 2. The normalized spacial score (nSPS) is 14.0.